The molecule has 0 aromatic heterocycles. The Bertz CT molecular complexity index is 354. The highest BCUT2D eigenvalue weighted by atomic mass is 79.9. The molecule has 0 amide bonds. The predicted molar refractivity (Wildman–Crippen MR) is 77.8 cm³/mol. The Morgan fingerprint density at radius 2 is 2.11 bits per heavy atom. The van der Waals surface area contributed by atoms with E-state index < -0.39 is 0 Å². The molecule has 0 aliphatic heterocycles. The van der Waals surface area contributed by atoms with E-state index in [-0.39, 0.29) is 5.82 Å². The van der Waals surface area contributed by atoms with Crippen molar-refractivity contribution in [2.45, 2.75) is 44.9 Å². The average Bonchev–Trinajstić information content (AvgIpc) is 2.40. The maximum absolute atomic E-state index is 13.7. The number of hydrogen-bond acceptors (Lipinski definition) is 1. The van der Waals surface area contributed by atoms with Gasteiger partial charge in [0.05, 0.1) is 6.61 Å². The zero-order chi connectivity index (χ0) is 13.4. The van der Waals surface area contributed by atoms with E-state index in [1.54, 1.807) is 6.07 Å². The summed E-state index contributed by atoms with van der Waals surface area (Å²) in [7, 11) is 0. The molecule has 0 aliphatic rings. The minimum atomic E-state index is -0.266. The second kappa shape index (κ2) is 8.52. The summed E-state index contributed by atoms with van der Waals surface area (Å²) >= 11 is 3.31. The smallest absolute Gasteiger partial charge is 0.165 e. The molecule has 0 spiro atoms. The van der Waals surface area contributed by atoms with Crippen molar-refractivity contribution in [2.24, 2.45) is 5.92 Å². The zero-order valence-corrected chi connectivity index (χ0v) is 12.8. The van der Waals surface area contributed by atoms with Crippen molar-refractivity contribution >= 4 is 15.9 Å². The molecule has 1 unspecified atom stereocenters. The molecule has 1 atom stereocenters. The first kappa shape index (κ1) is 15.5. The van der Waals surface area contributed by atoms with Gasteiger partial charge in [0.1, 0.15) is 0 Å². The van der Waals surface area contributed by atoms with Crippen LogP contribution in [0, 0.1) is 11.7 Å². The van der Waals surface area contributed by atoms with E-state index in [2.05, 4.69) is 29.8 Å². The van der Waals surface area contributed by atoms with E-state index in [0.717, 1.165) is 18.4 Å². The SMILES string of the molecule is CCCCC(CC)COc1ccc(CBr)cc1F. The van der Waals surface area contributed by atoms with Gasteiger partial charge < -0.3 is 4.74 Å². The lowest BCUT2D eigenvalue weighted by molar-refractivity contribution is 0.225. The molecule has 0 saturated heterocycles. The number of halogens is 2. The number of ether oxygens (including phenoxy) is 1. The molecule has 0 aliphatic carbocycles. The van der Waals surface area contributed by atoms with Gasteiger partial charge in [0, 0.05) is 5.33 Å². The fourth-order valence-electron chi connectivity index (χ4n) is 1.85. The summed E-state index contributed by atoms with van der Waals surface area (Å²) in [5, 5.41) is 0.665. The Morgan fingerprint density at radius 1 is 1.33 bits per heavy atom. The van der Waals surface area contributed by atoms with Crippen molar-refractivity contribution < 1.29 is 9.13 Å². The van der Waals surface area contributed by atoms with Crippen LogP contribution in [-0.4, -0.2) is 6.61 Å². The van der Waals surface area contributed by atoms with E-state index in [1.165, 1.54) is 18.9 Å². The van der Waals surface area contributed by atoms with Gasteiger partial charge in [-0.2, -0.15) is 0 Å². The summed E-state index contributed by atoms with van der Waals surface area (Å²) in [6.45, 7) is 4.96. The quantitative estimate of drug-likeness (QED) is 0.590. The normalized spacial score (nSPS) is 12.4. The Labute approximate surface area is 118 Å². The zero-order valence-electron chi connectivity index (χ0n) is 11.2. The van der Waals surface area contributed by atoms with Crippen LogP contribution in [0.4, 0.5) is 4.39 Å². The van der Waals surface area contributed by atoms with Gasteiger partial charge in [-0.1, -0.05) is 55.1 Å². The number of benzene rings is 1. The monoisotopic (exact) mass is 316 g/mol. The van der Waals surface area contributed by atoms with Crippen molar-refractivity contribution in [3.63, 3.8) is 0 Å². The summed E-state index contributed by atoms with van der Waals surface area (Å²) in [6, 6.07) is 5.13. The molecular formula is C15H22BrFO. The average molecular weight is 317 g/mol. The standard InChI is InChI=1S/C15H22BrFO/c1-3-5-6-12(4-2)11-18-15-8-7-13(10-16)9-14(15)17/h7-9,12H,3-6,10-11H2,1-2H3. The van der Waals surface area contributed by atoms with Gasteiger partial charge in [-0.3, -0.25) is 0 Å². The summed E-state index contributed by atoms with van der Waals surface area (Å²) in [4.78, 5) is 0. The molecular weight excluding hydrogens is 295 g/mol. The van der Waals surface area contributed by atoms with Gasteiger partial charge in [0.15, 0.2) is 11.6 Å². The molecule has 0 saturated carbocycles. The molecule has 0 bridgehead atoms. The summed E-state index contributed by atoms with van der Waals surface area (Å²) in [5.41, 5.74) is 0.929. The molecule has 3 heteroatoms. The molecule has 0 N–H and O–H groups in total. The van der Waals surface area contributed by atoms with Gasteiger partial charge in [-0.25, -0.2) is 4.39 Å². The topological polar surface area (TPSA) is 9.23 Å². The van der Waals surface area contributed by atoms with E-state index >= 15 is 0 Å². The maximum Gasteiger partial charge on any atom is 0.165 e. The summed E-state index contributed by atoms with van der Waals surface area (Å²) in [6.07, 6.45) is 4.66. The summed E-state index contributed by atoms with van der Waals surface area (Å²) < 4.78 is 19.3. The highest BCUT2D eigenvalue weighted by Crippen LogP contribution is 2.21. The van der Waals surface area contributed by atoms with Crippen LogP contribution < -0.4 is 4.74 Å². The first-order valence-electron chi connectivity index (χ1n) is 6.68. The van der Waals surface area contributed by atoms with Gasteiger partial charge >= 0.3 is 0 Å². The summed E-state index contributed by atoms with van der Waals surface area (Å²) in [5.74, 6) is 0.632. The number of alkyl halides is 1. The highest BCUT2D eigenvalue weighted by molar-refractivity contribution is 9.08. The van der Waals surface area contributed by atoms with E-state index in [4.69, 9.17) is 4.74 Å². The van der Waals surface area contributed by atoms with Crippen molar-refractivity contribution in [1.82, 2.24) is 0 Å². The third kappa shape index (κ3) is 4.97. The van der Waals surface area contributed by atoms with Gasteiger partial charge in [0.25, 0.3) is 0 Å². The Balaban J connectivity index is 2.51. The van der Waals surface area contributed by atoms with Gasteiger partial charge in [0.2, 0.25) is 0 Å². The second-order valence-electron chi connectivity index (χ2n) is 4.63. The first-order chi connectivity index (χ1) is 8.71. The Morgan fingerprint density at radius 3 is 2.67 bits per heavy atom. The van der Waals surface area contributed by atoms with Crippen molar-refractivity contribution in [3.8, 4) is 5.75 Å². The number of unbranched alkanes of at least 4 members (excludes halogenated alkanes) is 1. The van der Waals surface area contributed by atoms with E-state index in [1.807, 2.05) is 6.07 Å². The molecule has 1 aromatic rings. The fourth-order valence-corrected chi connectivity index (χ4v) is 2.20. The largest absolute Gasteiger partial charge is 0.490 e. The van der Waals surface area contributed by atoms with Gasteiger partial charge in [-0.05, 0) is 30.0 Å². The molecule has 0 radical (unpaired) electrons. The fraction of sp³-hybridized carbons (Fsp3) is 0.600. The van der Waals surface area contributed by atoms with Crippen molar-refractivity contribution in [2.75, 3.05) is 6.61 Å². The van der Waals surface area contributed by atoms with Crippen LogP contribution in [0.25, 0.3) is 0 Å². The second-order valence-corrected chi connectivity index (χ2v) is 5.19. The minimum Gasteiger partial charge on any atom is -0.490 e. The van der Waals surface area contributed by atoms with Crippen LogP contribution >= 0.6 is 15.9 Å². The van der Waals surface area contributed by atoms with Crippen LogP contribution in [0.3, 0.4) is 0 Å². The lowest BCUT2D eigenvalue weighted by Gasteiger charge is -2.16. The third-order valence-corrected chi connectivity index (χ3v) is 3.82. The van der Waals surface area contributed by atoms with Crippen LogP contribution in [0.1, 0.15) is 45.1 Å². The Hall–Kier alpha value is -0.570. The third-order valence-electron chi connectivity index (χ3n) is 3.17. The molecule has 0 fully saturated rings. The van der Waals surface area contributed by atoms with Crippen LogP contribution in [-0.2, 0) is 5.33 Å². The van der Waals surface area contributed by atoms with E-state index in [9.17, 15) is 4.39 Å². The van der Waals surface area contributed by atoms with Crippen molar-refractivity contribution in [3.05, 3.63) is 29.6 Å². The predicted octanol–water partition coefficient (Wildman–Crippen LogP) is 5.32. The Kier molecular flexibility index (Phi) is 7.33. The van der Waals surface area contributed by atoms with Crippen LogP contribution in [0.15, 0.2) is 18.2 Å². The minimum absolute atomic E-state index is 0.266. The maximum atomic E-state index is 13.7. The van der Waals surface area contributed by atoms with Gasteiger partial charge in [-0.15, -0.1) is 0 Å². The molecule has 0 heterocycles. The van der Waals surface area contributed by atoms with Crippen LogP contribution in [0.5, 0.6) is 5.75 Å². The highest BCUT2D eigenvalue weighted by Gasteiger charge is 2.09. The number of hydrogen-bond donors (Lipinski definition) is 0. The van der Waals surface area contributed by atoms with Crippen LogP contribution in [0.2, 0.25) is 0 Å². The van der Waals surface area contributed by atoms with E-state index in [0.29, 0.717) is 23.6 Å². The molecule has 18 heavy (non-hydrogen) atoms. The molecule has 1 rings (SSSR count). The number of rotatable bonds is 8. The molecule has 102 valence electrons. The van der Waals surface area contributed by atoms with Crippen molar-refractivity contribution in [1.29, 1.82) is 0 Å². The first-order valence-corrected chi connectivity index (χ1v) is 7.80. The molecule has 1 nitrogen and oxygen atoms in total. The lowest BCUT2D eigenvalue weighted by atomic mass is 10.0. The lowest BCUT2D eigenvalue weighted by Crippen LogP contribution is -2.12. The molecule has 1 aromatic carbocycles.